The van der Waals surface area contributed by atoms with Crippen LogP contribution >= 0.6 is 0 Å². The maximum Gasteiger partial charge on any atom is 0.227 e. The number of anilines is 1. The normalized spacial score (nSPS) is 22.1. The van der Waals surface area contributed by atoms with Crippen molar-refractivity contribution in [1.29, 1.82) is 0 Å². The molecule has 1 aromatic carbocycles. The van der Waals surface area contributed by atoms with Gasteiger partial charge in [0.05, 0.1) is 11.2 Å². The van der Waals surface area contributed by atoms with Gasteiger partial charge in [-0.25, -0.2) is 9.97 Å². The van der Waals surface area contributed by atoms with Gasteiger partial charge < -0.3 is 21.4 Å². The van der Waals surface area contributed by atoms with Crippen LogP contribution in [0.1, 0.15) is 12.5 Å². The average molecular weight is 360 g/mol. The highest BCUT2D eigenvalue weighted by molar-refractivity contribution is 5.95. The molecule has 0 saturated carbocycles. The predicted molar refractivity (Wildman–Crippen MR) is 110 cm³/mol. The van der Waals surface area contributed by atoms with E-state index in [1.165, 1.54) is 10.9 Å². The molecule has 0 saturated heterocycles. The Morgan fingerprint density at radius 2 is 2.04 bits per heavy atom. The summed E-state index contributed by atoms with van der Waals surface area (Å²) < 4.78 is 2.12. The Labute approximate surface area is 158 Å². The Bertz CT molecular complexity index is 1070. The van der Waals surface area contributed by atoms with E-state index in [4.69, 9.17) is 16.5 Å². The molecule has 27 heavy (non-hydrogen) atoms. The minimum Gasteiger partial charge on any atom is -0.350 e. The Morgan fingerprint density at radius 1 is 1.26 bits per heavy atom. The first-order valence-electron chi connectivity index (χ1n) is 8.96. The fourth-order valence-corrected chi connectivity index (χ4v) is 3.33. The third-order valence-electron chi connectivity index (χ3n) is 5.08. The second-order valence-electron chi connectivity index (χ2n) is 7.37. The SMILES string of the molecule is Cc1cnc(NC2=CC(N)C(C)(N)C=C2)nc1-c1cn(C)c2ccccc12. The van der Waals surface area contributed by atoms with Crippen molar-refractivity contribution in [2.24, 2.45) is 18.5 Å². The summed E-state index contributed by atoms with van der Waals surface area (Å²) in [6, 6.07) is 8.05. The van der Waals surface area contributed by atoms with Gasteiger partial charge in [-0.15, -0.1) is 0 Å². The molecule has 138 valence electrons. The minimum atomic E-state index is -0.548. The number of aromatic nitrogens is 3. The number of benzene rings is 1. The van der Waals surface area contributed by atoms with Gasteiger partial charge in [0.25, 0.3) is 0 Å². The molecule has 1 aliphatic carbocycles. The average Bonchev–Trinajstić information content (AvgIpc) is 2.97. The van der Waals surface area contributed by atoms with E-state index in [9.17, 15) is 0 Å². The fraction of sp³-hybridized carbons (Fsp3) is 0.238. The van der Waals surface area contributed by atoms with E-state index in [0.717, 1.165) is 22.5 Å². The monoisotopic (exact) mass is 360 g/mol. The van der Waals surface area contributed by atoms with E-state index in [2.05, 4.69) is 33.2 Å². The van der Waals surface area contributed by atoms with Crippen LogP contribution in [0, 0.1) is 6.92 Å². The lowest BCUT2D eigenvalue weighted by Crippen LogP contribution is -2.51. The first kappa shape index (κ1) is 17.5. The molecule has 0 spiro atoms. The van der Waals surface area contributed by atoms with E-state index in [1.54, 1.807) is 0 Å². The second kappa shape index (κ2) is 6.33. The van der Waals surface area contributed by atoms with Gasteiger partial charge in [-0.05, 0) is 37.6 Å². The van der Waals surface area contributed by atoms with Crippen LogP contribution < -0.4 is 16.8 Å². The maximum absolute atomic E-state index is 6.13. The van der Waals surface area contributed by atoms with Crippen LogP contribution in [0.4, 0.5) is 5.95 Å². The van der Waals surface area contributed by atoms with E-state index in [1.807, 2.05) is 57.5 Å². The molecule has 1 aliphatic rings. The molecule has 2 aromatic heterocycles. The quantitative estimate of drug-likeness (QED) is 0.668. The molecule has 0 aliphatic heterocycles. The number of nitrogens with one attached hydrogen (secondary N) is 1. The van der Waals surface area contributed by atoms with Gasteiger partial charge in [0, 0.05) is 47.6 Å². The summed E-state index contributed by atoms with van der Waals surface area (Å²) in [6.07, 6.45) is 9.68. The molecule has 0 radical (unpaired) electrons. The highest BCUT2D eigenvalue weighted by atomic mass is 15.1. The second-order valence-corrected chi connectivity index (χ2v) is 7.37. The van der Waals surface area contributed by atoms with Crippen molar-refractivity contribution in [1.82, 2.24) is 14.5 Å². The van der Waals surface area contributed by atoms with Crippen molar-refractivity contribution in [2.75, 3.05) is 5.32 Å². The molecule has 5 N–H and O–H groups in total. The molecule has 4 rings (SSSR count). The van der Waals surface area contributed by atoms with Crippen molar-refractivity contribution in [3.05, 3.63) is 66.1 Å². The summed E-state index contributed by atoms with van der Waals surface area (Å²) in [5.74, 6) is 0.534. The molecule has 0 fully saturated rings. The summed E-state index contributed by atoms with van der Waals surface area (Å²) in [7, 11) is 2.05. The zero-order chi connectivity index (χ0) is 19.2. The maximum atomic E-state index is 6.13. The molecule has 0 bridgehead atoms. The summed E-state index contributed by atoms with van der Waals surface area (Å²) in [4.78, 5) is 9.21. The molecule has 6 heteroatoms. The highest BCUT2D eigenvalue weighted by Crippen LogP contribution is 2.31. The van der Waals surface area contributed by atoms with E-state index in [0.29, 0.717) is 5.95 Å². The first-order valence-corrected chi connectivity index (χ1v) is 8.96. The van der Waals surface area contributed by atoms with Crippen molar-refractivity contribution in [3.8, 4) is 11.3 Å². The number of aryl methyl sites for hydroxylation is 2. The topological polar surface area (TPSA) is 94.8 Å². The number of hydrogen-bond donors (Lipinski definition) is 3. The van der Waals surface area contributed by atoms with Crippen LogP contribution in [0.5, 0.6) is 0 Å². The zero-order valence-electron chi connectivity index (χ0n) is 15.8. The number of hydrogen-bond acceptors (Lipinski definition) is 5. The van der Waals surface area contributed by atoms with Gasteiger partial charge in [-0.1, -0.05) is 24.3 Å². The minimum absolute atomic E-state index is 0.270. The van der Waals surface area contributed by atoms with Gasteiger partial charge in [-0.2, -0.15) is 0 Å². The van der Waals surface area contributed by atoms with Crippen LogP contribution in [0.3, 0.4) is 0 Å². The van der Waals surface area contributed by atoms with Crippen LogP contribution in [0.15, 0.2) is 60.6 Å². The molecular formula is C21H24N6. The molecule has 0 amide bonds. The Hall–Kier alpha value is -2.96. The predicted octanol–water partition coefficient (Wildman–Crippen LogP) is 2.85. The van der Waals surface area contributed by atoms with Crippen molar-refractivity contribution in [3.63, 3.8) is 0 Å². The summed E-state index contributed by atoms with van der Waals surface area (Å²) in [5, 5.41) is 4.42. The van der Waals surface area contributed by atoms with Crippen molar-refractivity contribution < 1.29 is 0 Å². The standard InChI is InChI=1S/C21H24N6/c1-13-11-24-20(25-14-8-9-21(2,23)18(22)10-14)26-19(13)16-12-27(3)17-7-5-4-6-15(16)17/h4-12,18H,22-23H2,1-3H3,(H,24,25,26). The van der Waals surface area contributed by atoms with Gasteiger partial charge >= 0.3 is 0 Å². The van der Waals surface area contributed by atoms with Gasteiger partial charge in [0.2, 0.25) is 5.95 Å². The molecule has 2 unspecified atom stereocenters. The number of allylic oxidation sites excluding steroid dienone is 1. The molecule has 3 aromatic rings. The number of nitrogens with two attached hydrogens (primary N) is 2. The number of nitrogens with zero attached hydrogens (tertiary/aromatic N) is 3. The zero-order valence-corrected chi connectivity index (χ0v) is 15.8. The summed E-state index contributed by atoms with van der Waals surface area (Å²) in [5.41, 5.74) is 16.8. The van der Waals surface area contributed by atoms with E-state index >= 15 is 0 Å². The smallest absolute Gasteiger partial charge is 0.227 e. The molecule has 6 nitrogen and oxygen atoms in total. The largest absolute Gasteiger partial charge is 0.350 e. The van der Waals surface area contributed by atoms with Crippen LogP contribution in [0.25, 0.3) is 22.2 Å². The summed E-state index contributed by atoms with van der Waals surface area (Å²) in [6.45, 7) is 3.93. The third kappa shape index (κ3) is 3.13. The summed E-state index contributed by atoms with van der Waals surface area (Å²) >= 11 is 0. The van der Waals surface area contributed by atoms with Crippen LogP contribution in [-0.4, -0.2) is 26.1 Å². The number of fused-ring (bicyclic) bond motifs is 1. The molecule has 2 atom stereocenters. The van der Waals surface area contributed by atoms with Gasteiger partial charge in [0.15, 0.2) is 0 Å². The molecule has 2 heterocycles. The fourth-order valence-electron chi connectivity index (χ4n) is 3.33. The van der Waals surface area contributed by atoms with Gasteiger partial charge in [0.1, 0.15) is 0 Å². The Balaban J connectivity index is 1.72. The lowest BCUT2D eigenvalue weighted by molar-refractivity contribution is 0.512. The highest BCUT2D eigenvalue weighted by Gasteiger charge is 2.25. The lowest BCUT2D eigenvalue weighted by Gasteiger charge is -2.29. The first-order chi connectivity index (χ1) is 12.8. The molecular weight excluding hydrogens is 336 g/mol. The number of para-hydroxylation sites is 1. The van der Waals surface area contributed by atoms with Crippen LogP contribution in [0.2, 0.25) is 0 Å². The van der Waals surface area contributed by atoms with E-state index in [-0.39, 0.29) is 6.04 Å². The number of rotatable bonds is 3. The lowest BCUT2D eigenvalue weighted by atomic mass is 9.89. The Kier molecular flexibility index (Phi) is 4.09. The van der Waals surface area contributed by atoms with E-state index < -0.39 is 5.54 Å². The van der Waals surface area contributed by atoms with Crippen molar-refractivity contribution in [2.45, 2.75) is 25.4 Å². The van der Waals surface area contributed by atoms with Crippen molar-refractivity contribution >= 4 is 16.9 Å². The van der Waals surface area contributed by atoms with Crippen LogP contribution in [-0.2, 0) is 7.05 Å². The van der Waals surface area contributed by atoms with Gasteiger partial charge in [-0.3, -0.25) is 0 Å². The third-order valence-corrected chi connectivity index (χ3v) is 5.08. The Morgan fingerprint density at radius 3 is 2.81 bits per heavy atom.